The second-order valence-electron chi connectivity index (χ2n) is 5.95. The maximum Gasteiger partial charge on any atom is 0.337 e. The normalized spacial score (nSPS) is 9.80. The van der Waals surface area contributed by atoms with Crippen molar-refractivity contribution in [3.8, 4) is 0 Å². The molecule has 8 heteroatoms. The topological polar surface area (TPSA) is 127 Å². The van der Waals surface area contributed by atoms with E-state index in [-0.39, 0.29) is 11.1 Å². The molecule has 0 spiro atoms. The fraction of sp³-hybridized carbons (Fsp3) is 0.0909. The van der Waals surface area contributed by atoms with Crippen LogP contribution in [0, 0.1) is 0 Å². The highest BCUT2D eigenvalue weighted by molar-refractivity contribution is 5.98. The van der Waals surface area contributed by atoms with Gasteiger partial charge in [0.15, 0.2) is 0 Å². The number of fused-ring (bicyclic) bond motifs is 1. The molecule has 3 rings (SSSR count). The van der Waals surface area contributed by atoms with Crippen LogP contribution in [0.25, 0.3) is 10.8 Å². The fourth-order valence-electron chi connectivity index (χ4n) is 2.52. The van der Waals surface area contributed by atoms with Crippen molar-refractivity contribution in [3.05, 3.63) is 82.9 Å². The molecule has 0 aliphatic heterocycles. The standard InChI is InChI=1S/C12H8O4.C10H10O4/c13-11(14)9-3-1-7-5-10(12(15)16)4-2-8(7)6-9;1-13-9(11)7-4-3-5-8(6-7)10(12)14-2/h1-6H,(H,13,14)(H,15,16);3-6H,1-2H3. The summed E-state index contributed by atoms with van der Waals surface area (Å²) in [5, 5.41) is 19.0. The van der Waals surface area contributed by atoms with Crippen LogP contribution in [0.1, 0.15) is 41.4 Å². The van der Waals surface area contributed by atoms with E-state index in [1.54, 1.807) is 30.3 Å². The second kappa shape index (κ2) is 9.83. The minimum absolute atomic E-state index is 0.190. The zero-order valence-corrected chi connectivity index (χ0v) is 16.1. The van der Waals surface area contributed by atoms with Gasteiger partial charge in [-0.15, -0.1) is 0 Å². The molecule has 154 valence electrons. The number of aromatic carboxylic acids is 2. The number of rotatable bonds is 4. The number of benzene rings is 3. The largest absolute Gasteiger partial charge is 0.478 e. The van der Waals surface area contributed by atoms with E-state index in [0.29, 0.717) is 21.9 Å². The number of carbonyl (C=O) groups excluding carboxylic acids is 2. The van der Waals surface area contributed by atoms with Crippen LogP contribution in [0.5, 0.6) is 0 Å². The van der Waals surface area contributed by atoms with E-state index in [2.05, 4.69) is 9.47 Å². The number of hydrogen-bond acceptors (Lipinski definition) is 6. The lowest BCUT2D eigenvalue weighted by atomic mass is 10.0. The summed E-state index contributed by atoms with van der Waals surface area (Å²) in [5.74, 6) is -2.94. The molecule has 3 aromatic rings. The van der Waals surface area contributed by atoms with Crippen molar-refractivity contribution in [2.45, 2.75) is 0 Å². The molecule has 3 aromatic carbocycles. The molecule has 0 fully saturated rings. The Labute approximate surface area is 171 Å². The first kappa shape index (κ1) is 22.1. The summed E-state index contributed by atoms with van der Waals surface area (Å²) in [6, 6.07) is 15.3. The zero-order chi connectivity index (χ0) is 22.3. The van der Waals surface area contributed by atoms with Gasteiger partial charge in [-0.1, -0.05) is 18.2 Å². The van der Waals surface area contributed by atoms with Crippen molar-refractivity contribution in [1.82, 2.24) is 0 Å². The summed E-state index contributed by atoms with van der Waals surface area (Å²) < 4.78 is 9.03. The van der Waals surface area contributed by atoms with Crippen molar-refractivity contribution >= 4 is 34.6 Å². The van der Waals surface area contributed by atoms with Crippen LogP contribution in [0.2, 0.25) is 0 Å². The molecule has 0 aliphatic rings. The smallest absolute Gasteiger partial charge is 0.337 e. The number of hydrogen-bond donors (Lipinski definition) is 2. The Morgan fingerprint density at radius 3 is 1.33 bits per heavy atom. The van der Waals surface area contributed by atoms with E-state index >= 15 is 0 Å². The summed E-state index contributed by atoms with van der Waals surface area (Å²) in [7, 11) is 2.57. The van der Waals surface area contributed by atoms with Crippen LogP contribution in [0.3, 0.4) is 0 Å². The van der Waals surface area contributed by atoms with Crippen LogP contribution < -0.4 is 0 Å². The Hall–Kier alpha value is -4.20. The Kier molecular flexibility index (Phi) is 7.24. The summed E-state index contributed by atoms with van der Waals surface area (Å²) >= 11 is 0. The monoisotopic (exact) mass is 410 g/mol. The number of carbonyl (C=O) groups is 4. The lowest BCUT2D eigenvalue weighted by Gasteiger charge is -2.01. The lowest BCUT2D eigenvalue weighted by Crippen LogP contribution is -2.05. The Morgan fingerprint density at radius 1 is 0.600 bits per heavy atom. The van der Waals surface area contributed by atoms with Gasteiger partial charge in [-0.2, -0.15) is 0 Å². The van der Waals surface area contributed by atoms with Gasteiger partial charge >= 0.3 is 23.9 Å². The summed E-state index contributed by atoms with van der Waals surface area (Å²) in [4.78, 5) is 43.7. The van der Waals surface area contributed by atoms with Crippen molar-refractivity contribution in [2.24, 2.45) is 0 Å². The first-order valence-electron chi connectivity index (χ1n) is 8.54. The number of esters is 2. The Bertz CT molecular complexity index is 1030. The van der Waals surface area contributed by atoms with E-state index in [0.717, 1.165) is 0 Å². The van der Waals surface area contributed by atoms with Gasteiger partial charge in [-0.3, -0.25) is 0 Å². The summed E-state index contributed by atoms with van der Waals surface area (Å²) in [5.41, 5.74) is 1.04. The molecule has 0 saturated heterocycles. The van der Waals surface area contributed by atoms with Crippen LogP contribution in [-0.4, -0.2) is 48.3 Å². The van der Waals surface area contributed by atoms with E-state index in [1.807, 2.05) is 0 Å². The average molecular weight is 410 g/mol. The molecule has 0 amide bonds. The number of carboxylic acid groups (broad SMARTS) is 2. The maximum atomic E-state index is 11.1. The molecule has 0 bridgehead atoms. The molecule has 0 aromatic heterocycles. The number of ether oxygens (including phenoxy) is 2. The van der Waals surface area contributed by atoms with E-state index < -0.39 is 23.9 Å². The van der Waals surface area contributed by atoms with Gasteiger partial charge in [0.05, 0.1) is 36.5 Å². The molecule has 0 aliphatic carbocycles. The maximum absolute atomic E-state index is 11.1. The molecule has 30 heavy (non-hydrogen) atoms. The molecule has 2 N–H and O–H groups in total. The SMILES string of the molecule is COC(=O)c1cccc(C(=O)OC)c1.O=C(O)c1ccc2cc(C(=O)O)ccc2c1. The van der Waals surface area contributed by atoms with Gasteiger partial charge in [0, 0.05) is 0 Å². The highest BCUT2D eigenvalue weighted by Crippen LogP contribution is 2.18. The van der Waals surface area contributed by atoms with E-state index in [4.69, 9.17) is 10.2 Å². The van der Waals surface area contributed by atoms with Crippen molar-refractivity contribution in [3.63, 3.8) is 0 Å². The fourth-order valence-corrected chi connectivity index (χ4v) is 2.52. The molecule has 0 atom stereocenters. The average Bonchev–Trinajstić information content (AvgIpc) is 2.77. The molecular formula is C22H18O8. The molecule has 0 heterocycles. The Balaban J connectivity index is 0.000000216. The van der Waals surface area contributed by atoms with Crippen molar-refractivity contribution in [2.75, 3.05) is 14.2 Å². The highest BCUT2D eigenvalue weighted by atomic mass is 16.5. The van der Waals surface area contributed by atoms with Gasteiger partial charge in [-0.25, -0.2) is 19.2 Å². The first-order chi connectivity index (χ1) is 14.3. The van der Waals surface area contributed by atoms with Gasteiger partial charge in [0.2, 0.25) is 0 Å². The summed E-state index contributed by atoms with van der Waals surface area (Å²) in [6.07, 6.45) is 0. The third-order valence-corrected chi connectivity index (χ3v) is 4.04. The third kappa shape index (κ3) is 5.41. The molecule has 8 nitrogen and oxygen atoms in total. The quantitative estimate of drug-likeness (QED) is 0.626. The van der Waals surface area contributed by atoms with Gasteiger partial charge in [0.1, 0.15) is 0 Å². The predicted octanol–water partition coefficient (Wildman–Crippen LogP) is 3.50. The van der Waals surface area contributed by atoms with Crippen LogP contribution in [0.15, 0.2) is 60.7 Å². The second-order valence-corrected chi connectivity index (χ2v) is 5.95. The Morgan fingerprint density at radius 2 is 1.00 bits per heavy atom. The molecular weight excluding hydrogens is 392 g/mol. The minimum atomic E-state index is -0.996. The summed E-state index contributed by atoms with van der Waals surface area (Å²) in [6.45, 7) is 0. The van der Waals surface area contributed by atoms with Crippen LogP contribution in [-0.2, 0) is 9.47 Å². The van der Waals surface area contributed by atoms with E-state index in [1.165, 1.54) is 44.6 Å². The lowest BCUT2D eigenvalue weighted by molar-refractivity contribution is 0.0596. The van der Waals surface area contributed by atoms with Crippen LogP contribution in [0.4, 0.5) is 0 Å². The minimum Gasteiger partial charge on any atom is -0.478 e. The van der Waals surface area contributed by atoms with Crippen LogP contribution >= 0.6 is 0 Å². The van der Waals surface area contributed by atoms with Gasteiger partial charge < -0.3 is 19.7 Å². The van der Waals surface area contributed by atoms with Crippen molar-refractivity contribution in [1.29, 1.82) is 0 Å². The molecule has 0 unspecified atom stereocenters. The molecule has 0 radical (unpaired) electrons. The van der Waals surface area contributed by atoms with Gasteiger partial charge in [0.25, 0.3) is 0 Å². The number of carboxylic acids is 2. The van der Waals surface area contributed by atoms with Crippen molar-refractivity contribution < 1.29 is 38.9 Å². The third-order valence-electron chi connectivity index (χ3n) is 4.04. The zero-order valence-electron chi connectivity index (χ0n) is 16.1. The highest BCUT2D eigenvalue weighted by Gasteiger charge is 2.10. The predicted molar refractivity (Wildman–Crippen MR) is 107 cm³/mol. The first-order valence-corrected chi connectivity index (χ1v) is 8.54. The van der Waals surface area contributed by atoms with E-state index in [9.17, 15) is 19.2 Å². The molecule has 0 saturated carbocycles. The van der Waals surface area contributed by atoms with Gasteiger partial charge in [-0.05, 0) is 53.2 Å². The number of methoxy groups -OCH3 is 2.